The van der Waals surface area contributed by atoms with Crippen molar-refractivity contribution in [3.63, 3.8) is 0 Å². The number of carbonyl (C=O) groups is 1. The Balaban J connectivity index is 1.29. The van der Waals surface area contributed by atoms with Crippen LogP contribution in [-0.4, -0.2) is 78.6 Å². The number of hydrogen-bond acceptors (Lipinski definition) is 6. The van der Waals surface area contributed by atoms with Gasteiger partial charge < -0.3 is 19.3 Å². The molecule has 3 saturated heterocycles. The van der Waals surface area contributed by atoms with Gasteiger partial charge in [-0.2, -0.15) is 26.3 Å². The standard InChI is InChI=1S/C25H32F6N4O3/c1-37-19-13-38-7-4-16(19)8-15-2-5-23(10-15,14-24(26,27)28)22(36)35-12-17-9-18(35)11-34(17)20-3-6-32-21(33-20)25(29,30)31/h3,6,15-19H,2,4-5,7-14H2,1H3/t15-,16+,17-,18-,19+,23-/m0/s1. The lowest BCUT2D eigenvalue weighted by atomic mass is 9.78. The summed E-state index contributed by atoms with van der Waals surface area (Å²) >= 11 is 0. The maximum atomic E-state index is 13.8. The minimum Gasteiger partial charge on any atom is -0.379 e. The fourth-order valence-corrected chi connectivity index (χ4v) is 7.11. The molecule has 1 aromatic rings. The molecular weight excluding hydrogens is 518 g/mol. The van der Waals surface area contributed by atoms with E-state index in [1.54, 1.807) is 16.9 Å². The highest BCUT2D eigenvalue weighted by Crippen LogP contribution is 2.53. The molecule has 0 N–H and O–H groups in total. The first-order valence-electron chi connectivity index (χ1n) is 13.0. The fraction of sp³-hybridized carbons (Fsp3) is 0.800. The summed E-state index contributed by atoms with van der Waals surface area (Å²) in [5, 5.41) is 0. The number of fused-ring (bicyclic) bond motifs is 2. The van der Waals surface area contributed by atoms with E-state index in [1.165, 1.54) is 6.07 Å². The SMILES string of the molecule is CO[C@@H]1COCC[C@@H]1C[C@@H]1CC[C@](CC(F)(F)F)(C(=O)N2C[C@@H]3C[C@H]2CN3c2ccnc(C(F)(F)F)n2)C1. The minimum atomic E-state index is -4.69. The Morgan fingerprint density at radius 1 is 1.18 bits per heavy atom. The largest absolute Gasteiger partial charge is 0.451 e. The van der Waals surface area contributed by atoms with Crippen LogP contribution in [0.15, 0.2) is 12.3 Å². The summed E-state index contributed by atoms with van der Waals surface area (Å²) < 4.78 is 91.6. The van der Waals surface area contributed by atoms with Crippen LogP contribution < -0.4 is 4.90 Å². The molecule has 5 rings (SSSR count). The molecule has 0 radical (unpaired) electrons. The molecule has 4 aliphatic rings. The van der Waals surface area contributed by atoms with Crippen molar-refractivity contribution in [2.24, 2.45) is 17.3 Å². The number of piperazine rings is 1. The Labute approximate surface area is 216 Å². The number of ether oxygens (including phenoxy) is 2. The molecular formula is C25H32F6N4O3. The second kappa shape index (κ2) is 10.1. The number of anilines is 1. The fourth-order valence-electron chi connectivity index (χ4n) is 7.11. The van der Waals surface area contributed by atoms with E-state index < -0.39 is 35.9 Å². The van der Waals surface area contributed by atoms with Gasteiger partial charge in [-0.3, -0.25) is 4.79 Å². The van der Waals surface area contributed by atoms with Crippen molar-refractivity contribution in [1.29, 1.82) is 0 Å². The third-order valence-corrected chi connectivity index (χ3v) is 8.77. The van der Waals surface area contributed by atoms with Gasteiger partial charge >= 0.3 is 12.4 Å². The Morgan fingerprint density at radius 2 is 1.97 bits per heavy atom. The molecule has 1 aliphatic carbocycles. The number of nitrogens with zero attached hydrogens (tertiary/aromatic N) is 4. The van der Waals surface area contributed by atoms with Crippen LogP contribution in [-0.2, 0) is 20.4 Å². The molecule has 2 bridgehead atoms. The zero-order valence-electron chi connectivity index (χ0n) is 21.1. The average Bonchev–Trinajstić information content (AvgIpc) is 3.58. The van der Waals surface area contributed by atoms with Crippen molar-refractivity contribution in [3.8, 4) is 0 Å². The van der Waals surface area contributed by atoms with Gasteiger partial charge in [0.25, 0.3) is 0 Å². The van der Waals surface area contributed by atoms with Gasteiger partial charge in [0.05, 0.1) is 36.6 Å². The molecule has 4 fully saturated rings. The number of halogens is 6. The van der Waals surface area contributed by atoms with Crippen LogP contribution in [0.4, 0.5) is 32.2 Å². The highest BCUT2D eigenvalue weighted by atomic mass is 19.4. The first-order chi connectivity index (χ1) is 17.9. The van der Waals surface area contributed by atoms with E-state index in [4.69, 9.17) is 9.47 Å². The Kier molecular flexibility index (Phi) is 7.29. The number of likely N-dealkylation sites (tertiary alicyclic amines) is 1. The van der Waals surface area contributed by atoms with Gasteiger partial charge in [0.1, 0.15) is 5.82 Å². The zero-order chi connectivity index (χ0) is 27.3. The predicted molar refractivity (Wildman–Crippen MR) is 123 cm³/mol. The summed E-state index contributed by atoms with van der Waals surface area (Å²) in [6, 6.07) is 0.720. The van der Waals surface area contributed by atoms with E-state index in [1.807, 2.05) is 0 Å². The second-order valence-electron chi connectivity index (χ2n) is 11.2. The lowest BCUT2D eigenvalue weighted by Crippen LogP contribution is -2.54. The quantitative estimate of drug-likeness (QED) is 0.488. The van der Waals surface area contributed by atoms with Crippen molar-refractivity contribution in [2.45, 2.75) is 75.5 Å². The summed E-state index contributed by atoms with van der Waals surface area (Å²) in [6.07, 6.45) is -6.52. The van der Waals surface area contributed by atoms with Crippen molar-refractivity contribution in [3.05, 3.63) is 18.1 Å². The van der Waals surface area contributed by atoms with Crippen molar-refractivity contribution >= 4 is 11.7 Å². The molecule has 0 aromatic carbocycles. The highest BCUT2D eigenvalue weighted by molar-refractivity contribution is 5.84. The highest BCUT2D eigenvalue weighted by Gasteiger charge is 2.57. The lowest BCUT2D eigenvalue weighted by molar-refractivity contribution is -0.175. The number of aromatic nitrogens is 2. The number of hydrogen-bond donors (Lipinski definition) is 0. The van der Waals surface area contributed by atoms with Crippen LogP contribution in [0.2, 0.25) is 0 Å². The summed E-state index contributed by atoms with van der Waals surface area (Å²) in [4.78, 5) is 24.0. The smallest absolute Gasteiger partial charge is 0.379 e. The van der Waals surface area contributed by atoms with E-state index in [0.717, 1.165) is 12.6 Å². The van der Waals surface area contributed by atoms with Gasteiger partial charge in [0.15, 0.2) is 0 Å². The Hall–Kier alpha value is -2.15. The van der Waals surface area contributed by atoms with Crippen LogP contribution in [0, 0.1) is 17.3 Å². The van der Waals surface area contributed by atoms with Gasteiger partial charge in [-0.25, -0.2) is 9.97 Å². The molecule has 38 heavy (non-hydrogen) atoms. The zero-order valence-corrected chi connectivity index (χ0v) is 21.1. The van der Waals surface area contributed by atoms with Gasteiger partial charge in [-0.15, -0.1) is 0 Å². The molecule has 13 heteroatoms. The third kappa shape index (κ3) is 5.45. The van der Waals surface area contributed by atoms with Crippen molar-refractivity contribution < 1.29 is 40.6 Å². The molecule has 6 atom stereocenters. The van der Waals surface area contributed by atoms with Crippen molar-refractivity contribution in [2.75, 3.05) is 38.3 Å². The van der Waals surface area contributed by atoms with E-state index in [-0.39, 0.29) is 61.8 Å². The Morgan fingerprint density at radius 3 is 2.63 bits per heavy atom. The number of methoxy groups -OCH3 is 1. The molecule has 0 spiro atoms. The summed E-state index contributed by atoms with van der Waals surface area (Å²) in [5.41, 5.74) is -1.51. The van der Waals surface area contributed by atoms with E-state index in [2.05, 4.69) is 9.97 Å². The average molecular weight is 551 g/mol. The van der Waals surface area contributed by atoms with Gasteiger partial charge in [-0.1, -0.05) is 0 Å². The summed E-state index contributed by atoms with van der Waals surface area (Å²) in [7, 11) is 1.61. The molecule has 7 nitrogen and oxygen atoms in total. The minimum absolute atomic E-state index is 0.0138. The third-order valence-electron chi connectivity index (χ3n) is 8.77. The van der Waals surface area contributed by atoms with E-state index >= 15 is 0 Å². The topological polar surface area (TPSA) is 67.8 Å². The molecule has 4 heterocycles. The normalized spacial score (nSPS) is 33.8. The molecule has 3 aliphatic heterocycles. The van der Waals surface area contributed by atoms with Crippen molar-refractivity contribution in [1.82, 2.24) is 14.9 Å². The monoisotopic (exact) mass is 550 g/mol. The maximum Gasteiger partial charge on any atom is 0.451 e. The molecule has 1 saturated carbocycles. The number of amides is 1. The van der Waals surface area contributed by atoms with E-state index in [0.29, 0.717) is 32.5 Å². The van der Waals surface area contributed by atoms with Crippen LogP contribution in [0.3, 0.4) is 0 Å². The van der Waals surface area contributed by atoms with Gasteiger partial charge in [0.2, 0.25) is 11.7 Å². The second-order valence-corrected chi connectivity index (χ2v) is 11.2. The number of alkyl halides is 6. The Bertz CT molecular complexity index is 1020. The first-order valence-corrected chi connectivity index (χ1v) is 13.0. The van der Waals surface area contributed by atoms with Crippen LogP contribution in [0.5, 0.6) is 0 Å². The van der Waals surface area contributed by atoms with Crippen LogP contribution >= 0.6 is 0 Å². The van der Waals surface area contributed by atoms with Crippen LogP contribution in [0.25, 0.3) is 0 Å². The summed E-state index contributed by atoms with van der Waals surface area (Å²) in [6.45, 7) is 1.46. The maximum absolute atomic E-state index is 13.8. The predicted octanol–water partition coefficient (Wildman–Crippen LogP) is 4.47. The van der Waals surface area contributed by atoms with Gasteiger partial charge in [0, 0.05) is 33.0 Å². The van der Waals surface area contributed by atoms with Gasteiger partial charge in [-0.05, 0) is 56.4 Å². The number of carbonyl (C=O) groups excluding carboxylic acids is 1. The van der Waals surface area contributed by atoms with Crippen LogP contribution in [0.1, 0.15) is 50.8 Å². The summed E-state index contributed by atoms with van der Waals surface area (Å²) in [5.74, 6) is -1.44. The molecule has 1 amide bonds. The van der Waals surface area contributed by atoms with E-state index in [9.17, 15) is 31.1 Å². The molecule has 0 unspecified atom stereocenters. The number of rotatable bonds is 6. The molecule has 212 valence electrons. The molecule has 1 aromatic heterocycles. The lowest BCUT2D eigenvalue weighted by Gasteiger charge is -2.40. The first kappa shape index (κ1) is 27.4.